The molecule has 1 saturated heterocycles. The number of nitrogens with zero attached hydrogens (tertiary/aromatic N) is 1. The first kappa shape index (κ1) is 13.9. The Bertz CT molecular complexity index is 280. The summed E-state index contributed by atoms with van der Waals surface area (Å²) in [4.78, 5) is 13.8. The number of rotatable bonds is 5. The van der Waals surface area contributed by atoms with E-state index in [1.54, 1.807) is 0 Å². The van der Waals surface area contributed by atoms with Crippen LogP contribution in [0.4, 0.5) is 0 Å². The van der Waals surface area contributed by atoms with Crippen LogP contribution in [0.1, 0.15) is 64.7 Å². The summed E-state index contributed by atoms with van der Waals surface area (Å²) in [6.07, 6.45) is 10.8. The van der Waals surface area contributed by atoms with Gasteiger partial charge >= 0.3 is 5.97 Å². The van der Waals surface area contributed by atoms with Gasteiger partial charge in [-0.3, -0.25) is 9.69 Å². The molecule has 0 radical (unpaired) electrons. The number of piperidine rings is 1. The molecule has 2 rings (SSSR count). The molecule has 0 amide bonds. The van der Waals surface area contributed by atoms with Gasteiger partial charge < -0.3 is 5.11 Å². The molecule has 0 aromatic carbocycles. The van der Waals surface area contributed by atoms with Gasteiger partial charge in [0, 0.05) is 6.04 Å². The SMILES string of the molecule is CCCCCN1C(C(=O)O)CCC2CCCCC21. The Morgan fingerprint density at radius 1 is 1.17 bits per heavy atom. The fourth-order valence-corrected chi connectivity index (χ4v) is 3.86. The highest BCUT2D eigenvalue weighted by Crippen LogP contribution is 2.38. The molecule has 1 aliphatic heterocycles. The number of unbranched alkanes of at least 4 members (excludes halogenated alkanes) is 2. The van der Waals surface area contributed by atoms with Crippen molar-refractivity contribution in [2.24, 2.45) is 5.92 Å². The smallest absolute Gasteiger partial charge is 0.320 e. The molecule has 18 heavy (non-hydrogen) atoms. The van der Waals surface area contributed by atoms with E-state index in [0.717, 1.165) is 31.7 Å². The second-order valence-corrected chi connectivity index (χ2v) is 5.99. The van der Waals surface area contributed by atoms with Gasteiger partial charge in [-0.05, 0) is 44.6 Å². The van der Waals surface area contributed by atoms with Crippen LogP contribution in [0.5, 0.6) is 0 Å². The maximum absolute atomic E-state index is 11.4. The Morgan fingerprint density at radius 2 is 1.94 bits per heavy atom. The number of carboxylic acid groups (broad SMARTS) is 1. The Labute approximate surface area is 111 Å². The van der Waals surface area contributed by atoms with Crippen molar-refractivity contribution in [1.29, 1.82) is 0 Å². The van der Waals surface area contributed by atoms with Crippen molar-refractivity contribution < 1.29 is 9.90 Å². The van der Waals surface area contributed by atoms with Gasteiger partial charge in [-0.2, -0.15) is 0 Å². The van der Waals surface area contributed by atoms with Crippen molar-refractivity contribution >= 4 is 5.97 Å². The van der Waals surface area contributed by atoms with Crippen LogP contribution in [-0.2, 0) is 4.79 Å². The van der Waals surface area contributed by atoms with Gasteiger partial charge in [0.25, 0.3) is 0 Å². The lowest BCUT2D eigenvalue weighted by atomic mass is 9.76. The van der Waals surface area contributed by atoms with E-state index in [0.29, 0.717) is 6.04 Å². The van der Waals surface area contributed by atoms with Crippen molar-refractivity contribution in [3.05, 3.63) is 0 Å². The van der Waals surface area contributed by atoms with E-state index in [4.69, 9.17) is 0 Å². The minimum absolute atomic E-state index is 0.207. The topological polar surface area (TPSA) is 40.5 Å². The first-order valence-electron chi connectivity index (χ1n) is 7.72. The molecule has 1 saturated carbocycles. The van der Waals surface area contributed by atoms with Crippen LogP contribution in [0.25, 0.3) is 0 Å². The van der Waals surface area contributed by atoms with Crippen LogP contribution in [0, 0.1) is 5.92 Å². The number of fused-ring (bicyclic) bond motifs is 1. The molecule has 1 aliphatic carbocycles. The quantitative estimate of drug-likeness (QED) is 0.764. The zero-order valence-electron chi connectivity index (χ0n) is 11.6. The highest BCUT2D eigenvalue weighted by molar-refractivity contribution is 5.73. The number of hydrogen-bond donors (Lipinski definition) is 1. The normalized spacial score (nSPS) is 33.1. The van der Waals surface area contributed by atoms with Gasteiger partial charge in [-0.1, -0.05) is 32.6 Å². The average Bonchev–Trinajstić information content (AvgIpc) is 2.38. The summed E-state index contributed by atoms with van der Waals surface area (Å²) in [6, 6.07) is 0.353. The van der Waals surface area contributed by atoms with E-state index < -0.39 is 5.97 Å². The molecule has 2 fully saturated rings. The molecule has 1 heterocycles. The minimum atomic E-state index is -0.601. The number of hydrogen-bond acceptors (Lipinski definition) is 2. The lowest BCUT2D eigenvalue weighted by Gasteiger charge is -2.47. The third kappa shape index (κ3) is 3.05. The van der Waals surface area contributed by atoms with Crippen LogP contribution < -0.4 is 0 Å². The Hall–Kier alpha value is -0.570. The molecule has 0 spiro atoms. The van der Waals surface area contributed by atoms with Crippen LogP contribution in [0.2, 0.25) is 0 Å². The summed E-state index contributed by atoms with van der Waals surface area (Å²) >= 11 is 0. The molecular weight excluding hydrogens is 226 g/mol. The van der Waals surface area contributed by atoms with E-state index in [9.17, 15) is 9.90 Å². The Kier molecular flexibility index (Phi) is 5.04. The molecule has 3 unspecified atom stereocenters. The van der Waals surface area contributed by atoms with Crippen molar-refractivity contribution in [3.63, 3.8) is 0 Å². The third-order valence-corrected chi connectivity index (χ3v) is 4.81. The van der Waals surface area contributed by atoms with Crippen molar-refractivity contribution in [1.82, 2.24) is 4.90 Å². The van der Waals surface area contributed by atoms with Gasteiger partial charge in [0.1, 0.15) is 6.04 Å². The van der Waals surface area contributed by atoms with E-state index >= 15 is 0 Å². The fourth-order valence-electron chi connectivity index (χ4n) is 3.86. The van der Waals surface area contributed by atoms with Crippen LogP contribution in [-0.4, -0.2) is 34.6 Å². The summed E-state index contributed by atoms with van der Waals surface area (Å²) in [5.41, 5.74) is 0. The zero-order valence-corrected chi connectivity index (χ0v) is 11.6. The van der Waals surface area contributed by atoms with E-state index in [-0.39, 0.29) is 6.04 Å². The van der Waals surface area contributed by atoms with Crippen LogP contribution in [0.3, 0.4) is 0 Å². The van der Waals surface area contributed by atoms with Gasteiger partial charge in [-0.15, -0.1) is 0 Å². The maximum atomic E-state index is 11.4. The highest BCUT2D eigenvalue weighted by atomic mass is 16.4. The number of carboxylic acids is 1. The lowest BCUT2D eigenvalue weighted by molar-refractivity contribution is -0.148. The molecule has 3 heteroatoms. The molecule has 104 valence electrons. The monoisotopic (exact) mass is 253 g/mol. The number of aliphatic carboxylic acids is 1. The summed E-state index contributed by atoms with van der Waals surface area (Å²) in [6.45, 7) is 3.19. The first-order valence-corrected chi connectivity index (χ1v) is 7.72. The summed E-state index contributed by atoms with van der Waals surface area (Å²) < 4.78 is 0. The lowest BCUT2D eigenvalue weighted by Crippen LogP contribution is -2.55. The van der Waals surface area contributed by atoms with Crippen molar-refractivity contribution in [2.75, 3.05) is 6.54 Å². The van der Waals surface area contributed by atoms with E-state index in [2.05, 4.69) is 11.8 Å². The third-order valence-electron chi connectivity index (χ3n) is 4.81. The van der Waals surface area contributed by atoms with Crippen molar-refractivity contribution in [3.8, 4) is 0 Å². The molecule has 0 aromatic rings. The predicted molar refractivity (Wildman–Crippen MR) is 72.6 cm³/mol. The largest absolute Gasteiger partial charge is 0.480 e. The average molecular weight is 253 g/mol. The summed E-state index contributed by atoms with van der Waals surface area (Å²) in [5, 5.41) is 9.41. The maximum Gasteiger partial charge on any atom is 0.320 e. The summed E-state index contributed by atoms with van der Waals surface area (Å²) in [5.74, 6) is 0.173. The Balaban J connectivity index is 2.01. The van der Waals surface area contributed by atoms with Gasteiger partial charge in [0.2, 0.25) is 0 Å². The molecule has 3 atom stereocenters. The van der Waals surface area contributed by atoms with Gasteiger partial charge in [-0.25, -0.2) is 0 Å². The standard InChI is InChI=1S/C15H27NO2/c1-2-3-6-11-16-13-8-5-4-7-12(13)9-10-14(16)15(17)18/h12-14H,2-11H2,1H3,(H,17,18). The zero-order chi connectivity index (χ0) is 13.0. The first-order chi connectivity index (χ1) is 8.74. The Morgan fingerprint density at radius 3 is 2.67 bits per heavy atom. The second-order valence-electron chi connectivity index (χ2n) is 5.99. The number of likely N-dealkylation sites (tertiary alicyclic amines) is 1. The van der Waals surface area contributed by atoms with E-state index in [1.807, 2.05) is 0 Å². The second kappa shape index (κ2) is 6.55. The predicted octanol–water partition coefficient (Wildman–Crippen LogP) is 3.28. The van der Waals surface area contributed by atoms with Crippen LogP contribution in [0.15, 0.2) is 0 Å². The highest BCUT2D eigenvalue weighted by Gasteiger charge is 2.40. The number of carbonyl (C=O) groups is 1. The summed E-state index contributed by atoms with van der Waals surface area (Å²) in [7, 11) is 0. The van der Waals surface area contributed by atoms with Gasteiger partial charge in [0.15, 0.2) is 0 Å². The molecule has 0 bridgehead atoms. The molecule has 0 aromatic heterocycles. The minimum Gasteiger partial charge on any atom is -0.480 e. The van der Waals surface area contributed by atoms with Crippen LogP contribution >= 0.6 is 0 Å². The molecular formula is C15H27NO2. The molecule has 2 aliphatic rings. The molecule has 1 N–H and O–H groups in total. The molecule has 3 nitrogen and oxygen atoms in total. The fraction of sp³-hybridized carbons (Fsp3) is 0.933. The van der Waals surface area contributed by atoms with Crippen molar-refractivity contribution in [2.45, 2.75) is 76.8 Å². The van der Waals surface area contributed by atoms with E-state index in [1.165, 1.54) is 38.5 Å². The van der Waals surface area contributed by atoms with Gasteiger partial charge in [0.05, 0.1) is 0 Å².